The summed E-state index contributed by atoms with van der Waals surface area (Å²) in [5.74, 6) is -1.29. The molecule has 0 saturated heterocycles. The minimum atomic E-state index is -0.978. The highest BCUT2D eigenvalue weighted by molar-refractivity contribution is 5.22. The summed E-state index contributed by atoms with van der Waals surface area (Å²) in [4.78, 5) is 0. The number of nitrogens with zero attached hydrogens (tertiary/aromatic N) is 2. The maximum absolute atomic E-state index is 13.4. The molecule has 0 amide bonds. The zero-order valence-electron chi connectivity index (χ0n) is 9.27. The van der Waals surface area contributed by atoms with E-state index < -0.39 is 17.7 Å². The van der Waals surface area contributed by atoms with E-state index >= 15 is 0 Å². The average molecular weight is 238 g/mol. The first-order chi connectivity index (χ1) is 8.09. The van der Waals surface area contributed by atoms with Crippen molar-refractivity contribution in [2.75, 3.05) is 0 Å². The van der Waals surface area contributed by atoms with E-state index in [4.69, 9.17) is 0 Å². The van der Waals surface area contributed by atoms with Crippen LogP contribution in [0.2, 0.25) is 0 Å². The quantitative estimate of drug-likeness (QED) is 0.887. The van der Waals surface area contributed by atoms with Gasteiger partial charge in [0.25, 0.3) is 0 Å². The molecule has 3 nitrogen and oxygen atoms in total. The Morgan fingerprint density at radius 3 is 2.47 bits per heavy atom. The molecule has 2 aromatic rings. The lowest BCUT2D eigenvalue weighted by Gasteiger charge is -2.12. The molecule has 1 aromatic carbocycles. The van der Waals surface area contributed by atoms with E-state index in [0.717, 1.165) is 0 Å². The highest BCUT2D eigenvalue weighted by Crippen LogP contribution is 2.21. The Bertz CT molecular complexity index is 505. The number of benzene rings is 1. The van der Waals surface area contributed by atoms with Gasteiger partial charge in [-0.15, -0.1) is 0 Å². The minimum Gasteiger partial charge on any atom is -0.386 e. The molecule has 0 bridgehead atoms. The molecule has 2 rings (SSSR count). The second-order valence-corrected chi connectivity index (χ2v) is 3.80. The monoisotopic (exact) mass is 238 g/mol. The lowest BCUT2D eigenvalue weighted by Crippen LogP contribution is -2.10. The van der Waals surface area contributed by atoms with Crippen molar-refractivity contribution < 1.29 is 13.9 Å². The zero-order chi connectivity index (χ0) is 12.4. The minimum absolute atomic E-state index is 0.110. The third-order valence-electron chi connectivity index (χ3n) is 2.66. The van der Waals surface area contributed by atoms with Crippen LogP contribution in [0, 0.1) is 11.6 Å². The molecule has 5 heteroatoms. The summed E-state index contributed by atoms with van der Waals surface area (Å²) < 4.78 is 28.2. The van der Waals surface area contributed by atoms with E-state index in [1.807, 2.05) is 0 Å². The number of hydrogen-bond donors (Lipinski definition) is 1. The van der Waals surface area contributed by atoms with Gasteiger partial charge in [0.2, 0.25) is 0 Å². The van der Waals surface area contributed by atoms with Crippen molar-refractivity contribution in [1.29, 1.82) is 0 Å². The van der Waals surface area contributed by atoms with Gasteiger partial charge < -0.3 is 5.11 Å². The molecule has 0 radical (unpaired) electrons. The lowest BCUT2D eigenvalue weighted by molar-refractivity contribution is 0.166. The van der Waals surface area contributed by atoms with Gasteiger partial charge in [-0.3, -0.25) is 4.68 Å². The van der Waals surface area contributed by atoms with Gasteiger partial charge in [0.15, 0.2) is 0 Å². The van der Waals surface area contributed by atoms with E-state index in [-0.39, 0.29) is 12.0 Å². The van der Waals surface area contributed by atoms with E-state index in [1.54, 1.807) is 13.1 Å². The Balaban J connectivity index is 2.25. The molecule has 0 saturated carbocycles. The molecule has 1 heterocycles. The van der Waals surface area contributed by atoms with Crippen LogP contribution in [0.1, 0.15) is 17.4 Å². The fourth-order valence-electron chi connectivity index (χ4n) is 1.74. The van der Waals surface area contributed by atoms with Crippen LogP contribution in [0.4, 0.5) is 8.78 Å². The number of halogens is 2. The maximum Gasteiger partial charge on any atom is 0.129 e. The van der Waals surface area contributed by atoms with Crippen LogP contribution >= 0.6 is 0 Å². The van der Waals surface area contributed by atoms with Crippen molar-refractivity contribution in [3.05, 3.63) is 53.4 Å². The van der Waals surface area contributed by atoms with Crippen molar-refractivity contribution in [3.8, 4) is 0 Å². The topological polar surface area (TPSA) is 38.0 Å². The first kappa shape index (κ1) is 11.7. The number of aryl methyl sites for hydroxylation is 1. The van der Waals surface area contributed by atoms with Crippen LogP contribution in [0.25, 0.3) is 0 Å². The summed E-state index contributed by atoms with van der Waals surface area (Å²) in [5, 5.41) is 13.8. The molecule has 0 spiro atoms. The molecular formula is C12H12F2N2O. The Labute approximate surface area is 97.3 Å². The summed E-state index contributed by atoms with van der Waals surface area (Å²) in [7, 11) is 1.66. The highest BCUT2D eigenvalue weighted by Gasteiger charge is 2.17. The van der Waals surface area contributed by atoms with Crippen LogP contribution in [0.3, 0.4) is 0 Å². The van der Waals surface area contributed by atoms with Gasteiger partial charge in [-0.1, -0.05) is 6.07 Å². The summed E-state index contributed by atoms with van der Waals surface area (Å²) in [6, 6.07) is 5.26. The molecule has 17 heavy (non-hydrogen) atoms. The van der Waals surface area contributed by atoms with Crippen molar-refractivity contribution in [1.82, 2.24) is 9.78 Å². The van der Waals surface area contributed by atoms with E-state index in [1.165, 1.54) is 29.1 Å². The molecule has 1 atom stereocenters. The van der Waals surface area contributed by atoms with Crippen molar-refractivity contribution in [2.45, 2.75) is 12.5 Å². The van der Waals surface area contributed by atoms with Crippen molar-refractivity contribution >= 4 is 0 Å². The van der Waals surface area contributed by atoms with Gasteiger partial charge in [0.1, 0.15) is 11.6 Å². The molecule has 1 N–H and O–H groups in total. The van der Waals surface area contributed by atoms with Crippen LogP contribution < -0.4 is 0 Å². The Kier molecular flexibility index (Phi) is 3.19. The van der Waals surface area contributed by atoms with Crippen LogP contribution in [-0.4, -0.2) is 14.9 Å². The predicted molar refractivity (Wildman–Crippen MR) is 58.2 cm³/mol. The molecule has 0 aliphatic rings. The number of aliphatic hydroxyl groups excluding tert-OH is 1. The summed E-state index contributed by atoms with van der Waals surface area (Å²) >= 11 is 0. The predicted octanol–water partition coefficient (Wildman–Crippen LogP) is 1.97. The second kappa shape index (κ2) is 4.63. The van der Waals surface area contributed by atoms with Gasteiger partial charge in [0.05, 0.1) is 11.8 Å². The number of rotatable bonds is 3. The maximum atomic E-state index is 13.4. The van der Waals surface area contributed by atoms with Crippen LogP contribution in [0.15, 0.2) is 30.5 Å². The van der Waals surface area contributed by atoms with Gasteiger partial charge in [-0.2, -0.15) is 5.10 Å². The highest BCUT2D eigenvalue weighted by atomic mass is 19.1. The van der Waals surface area contributed by atoms with Gasteiger partial charge >= 0.3 is 0 Å². The first-order valence-corrected chi connectivity index (χ1v) is 5.18. The Hall–Kier alpha value is -1.75. The molecule has 0 aliphatic heterocycles. The standard InChI is InChI=1S/C12H12F2N2O/c1-16-11(5-6-15-16)12(17)7-8-9(13)3-2-4-10(8)14/h2-6,12,17H,7H2,1H3. The molecule has 1 aromatic heterocycles. The summed E-state index contributed by atoms with van der Waals surface area (Å²) in [5.41, 5.74) is 0.411. The van der Waals surface area contributed by atoms with Gasteiger partial charge in [-0.05, 0) is 18.2 Å². The van der Waals surface area contributed by atoms with Crippen molar-refractivity contribution in [3.63, 3.8) is 0 Å². The fourth-order valence-corrected chi connectivity index (χ4v) is 1.74. The summed E-state index contributed by atoms with van der Waals surface area (Å²) in [6.45, 7) is 0. The summed E-state index contributed by atoms with van der Waals surface area (Å²) in [6.07, 6.45) is 0.433. The molecule has 1 unspecified atom stereocenters. The zero-order valence-corrected chi connectivity index (χ0v) is 9.27. The Morgan fingerprint density at radius 1 is 1.29 bits per heavy atom. The molecule has 0 fully saturated rings. The van der Waals surface area contributed by atoms with Gasteiger partial charge in [-0.25, -0.2) is 8.78 Å². The molecular weight excluding hydrogens is 226 g/mol. The lowest BCUT2D eigenvalue weighted by atomic mass is 10.0. The fraction of sp³-hybridized carbons (Fsp3) is 0.250. The average Bonchev–Trinajstić information content (AvgIpc) is 2.70. The van der Waals surface area contributed by atoms with Crippen LogP contribution in [0.5, 0.6) is 0 Å². The Morgan fingerprint density at radius 2 is 1.94 bits per heavy atom. The largest absolute Gasteiger partial charge is 0.386 e. The third-order valence-corrected chi connectivity index (χ3v) is 2.66. The second-order valence-electron chi connectivity index (χ2n) is 3.80. The molecule has 90 valence electrons. The number of aromatic nitrogens is 2. The number of aliphatic hydroxyl groups is 1. The van der Waals surface area contributed by atoms with E-state index in [2.05, 4.69) is 5.10 Å². The molecule has 0 aliphatic carbocycles. The van der Waals surface area contributed by atoms with E-state index in [0.29, 0.717) is 5.69 Å². The van der Waals surface area contributed by atoms with Crippen molar-refractivity contribution in [2.24, 2.45) is 7.05 Å². The third kappa shape index (κ3) is 2.34. The smallest absolute Gasteiger partial charge is 0.129 e. The SMILES string of the molecule is Cn1nccc1C(O)Cc1c(F)cccc1F. The number of hydrogen-bond acceptors (Lipinski definition) is 2. The van der Waals surface area contributed by atoms with E-state index in [9.17, 15) is 13.9 Å². The normalized spacial score (nSPS) is 12.7. The van der Waals surface area contributed by atoms with Gasteiger partial charge in [0, 0.05) is 25.2 Å². The van der Waals surface area contributed by atoms with Crippen LogP contribution in [-0.2, 0) is 13.5 Å². The first-order valence-electron chi connectivity index (χ1n) is 5.18.